The summed E-state index contributed by atoms with van der Waals surface area (Å²) in [7, 11) is 0. The van der Waals surface area contributed by atoms with E-state index in [1.165, 1.54) is 18.4 Å². The number of rotatable bonds is 6. The largest absolute Gasteiger partial charge is 0.395 e. The molecule has 0 heterocycles. The second-order valence-corrected chi connectivity index (χ2v) is 5.78. The SMILES string of the molecule is N#Cc1ccccc1-c1ccc(CN(CCO)C2CC2)cc1. The van der Waals surface area contributed by atoms with Gasteiger partial charge in [0.1, 0.15) is 0 Å². The minimum atomic E-state index is 0.212. The monoisotopic (exact) mass is 292 g/mol. The lowest BCUT2D eigenvalue weighted by atomic mass is 9.99. The Morgan fingerprint density at radius 3 is 2.45 bits per heavy atom. The van der Waals surface area contributed by atoms with E-state index in [2.05, 4.69) is 35.2 Å². The Bertz CT molecular complexity index is 669. The maximum atomic E-state index is 9.20. The van der Waals surface area contributed by atoms with Crippen LogP contribution in [0.3, 0.4) is 0 Å². The predicted octanol–water partition coefficient (Wildman–Crippen LogP) is 3.18. The number of benzene rings is 2. The second kappa shape index (κ2) is 6.74. The molecule has 0 amide bonds. The van der Waals surface area contributed by atoms with Crippen LogP contribution in [-0.2, 0) is 6.54 Å². The van der Waals surface area contributed by atoms with Gasteiger partial charge in [-0.3, -0.25) is 4.90 Å². The molecule has 0 aromatic heterocycles. The summed E-state index contributed by atoms with van der Waals surface area (Å²) in [4.78, 5) is 2.35. The summed E-state index contributed by atoms with van der Waals surface area (Å²) in [5.74, 6) is 0. The molecule has 3 heteroatoms. The summed E-state index contributed by atoms with van der Waals surface area (Å²) in [6.07, 6.45) is 2.49. The number of nitriles is 1. The lowest BCUT2D eigenvalue weighted by Crippen LogP contribution is -2.28. The molecule has 1 aliphatic carbocycles. The van der Waals surface area contributed by atoms with E-state index in [1.807, 2.05) is 24.3 Å². The van der Waals surface area contributed by atoms with Crippen LogP contribution in [-0.4, -0.2) is 29.2 Å². The van der Waals surface area contributed by atoms with Crippen molar-refractivity contribution in [3.8, 4) is 17.2 Å². The molecule has 0 unspecified atom stereocenters. The highest BCUT2D eigenvalue weighted by molar-refractivity contribution is 5.70. The van der Waals surface area contributed by atoms with E-state index >= 15 is 0 Å². The van der Waals surface area contributed by atoms with Crippen LogP contribution in [0.2, 0.25) is 0 Å². The Hall–Kier alpha value is -2.15. The molecule has 0 saturated heterocycles. The number of hydrogen-bond acceptors (Lipinski definition) is 3. The number of aliphatic hydroxyl groups is 1. The van der Waals surface area contributed by atoms with E-state index in [4.69, 9.17) is 5.11 Å². The van der Waals surface area contributed by atoms with Crippen molar-refractivity contribution < 1.29 is 5.11 Å². The molecule has 0 aliphatic heterocycles. The van der Waals surface area contributed by atoms with Gasteiger partial charge < -0.3 is 5.11 Å². The molecule has 0 spiro atoms. The molecule has 1 N–H and O–H groups in total. The van der Waals surface area contributed by atoms with Crippen molar-refractivity contribution in [3.63, 3.8) is 0 Å². The Morgan fingerprint density at radius 2 is 1.82 bits per heavy atom. The van der Waals surface area contributed by atoms with Crippen LogP contribution in [0.25, 0.3) is 11.1 Å². The van der Waals surface area contributed by atoms with Crippen LogP contribution in [0.4, 0.5) is 0 Å². The molecular weight excluding hydrogens is 272 g/mol. The zero-order valence-electron chi connectivity index (χ0n) is 12.6. The first-order chi connectivity index (χ1) is 10.8. The van der Waals surface area contributed by atoms with Gasteiger partial charge in [0.15, 0.2) is 0 Å². The highest BCUT2D eigenvalue weighted by Crippen LogP contribution is 2.29. The van der Waals surface area contributed by atoms with E-state index < -0.39 is 0 Å². The smallest absolute Gasteiger partial charge is 0.0998 e. The third kappa shape index (κ3) is 3.36. The predicted molar refractivity (Wildman–Crippen MR) is 87.1 cm³/mol. The van der Waals surface area contributed by atoms with Gasteiger partial charge in [-0.2, -0.15) is 5.26 Å². The minimum Gasteiger partial charge on any atom is -0.395 e. The van der Waals surface area contributed by atoms with Gasteiger partial charge in [0.2, 0.25) is 0 Å². The average molecular weight is 292 g/mol. The van der Waals surface area contributed by atoms with Crippen LogP contribution in [0.15, 0.2) is 48.5 Å². The first-order valence-electron chi connectivity index (χ1n) is 7.75. The first-order valence-corrected chi connectivity index (χ1v) is 7.75. The minimum absolute atomic E-state index is 0.212. The summed E-state index contributed by atoms with van der Waals surface area (Å²) >= 11 is 0. The van der Waals surface area contributed by atoms with Crippen LogP contribution in [0.1, 0.15) is 24.0 Å². The van der Waals surface area contributed by atoms with Crippen molar-refractivity contribution in [2.45, 2.75) is 25.4 Å². The third-order valence-electron chi connectivity index (χ3n) is 4.15. The Balaban J connectivity index is 1.76. The van der Waals surface area contributed by atoms with Gasteiger partial charge >= 0.3 is 0 Å². The Kier molecular flexibility index (Phi) is 4.53. The molecule has 1 aliphatic rings. The molecule has 1 fully saturated rings. The van der Waals surface area contributed by atoms with Crippen LogP contribution in [0.5, 0.6) is 0 Å². The molecule has 2 aromatic rings. The summed E-state index contributed by atoms with van der Waals surface area (Å²) in [5.41, 5.74) is 4.00. The van der Waals surface area contributed by atoms with Gasteiger partial charge in [-0.05, 0) is 35.6 Å². The van der Waals surface area contributed by atoms with Crippen molar-refractivity contribution in [3.05, 3.63) is 59.7 Å². The normalized spacial score (nSPS) is 14.0. The van der Waals surface area contributed by atoms with E-state index in [-0.39, 0.29) is 6.61 Å². The second-order valence-electron chi connectivity index (χ2n) is 5.78. The summed E-state index contributed by atoms with van der Waals surface area (Å²) < 4.78 is 0. The third-order valence-corrected chi connectivity index (χ3v) is 4.15. The van der Waals surface area contributed by atoms with Crippen LogP contribution >= 0.6 is 0 Å². The maximum absolute atomic E-state index is 9.20. The fourth-order valence-electron chi connectivity index (χ4n) is 2.82. The lowest BCUT2D eigenvalue weighted by Gasteiger charge is -2.21. The number of aliphatic hydroxyl groups excluding tert-OH is 1. The van der Waals surface area contributed by atoms with Gasteiger partial charge in [-0.1, -0.05) is 42.5 Å². The summed E-state index contributed by atoms with van der Waals surface area (Å²) in [6, 6.07) is 19.0. The highest BCUT2D eigenvalue weighted by atomic mass is 16.3. The number of nitrogens with zero attached hydrogens (tertiary/aromatic N) is 2. The summed E-state index contributed by atoms with van der Waals surface area (Å²) in [6.45, 7) is 1.83. The quantitative estimate of drug-likeness (QED) is 0.889. The van der Waals surface area contributed by atoms with Crippen molar-refractivity contribution in [1.82, 2.24) is 4.90 Å². The van der Waals surface area contributed by atoms with Gasteiger partial charge in [-0.25, -0.2) is 0 Å². The van der Waals surface area contributed by atoms with Crippen molar-refractivity contribution in [1.29, 1.82) is 5.26 Å². The molecule has 22 heavy (non-hydrogen) atoms. The van der Waals surface area contributed by atoms with Gasteiger partial charge in [-0.15, -0.1) is 0 Å². The van der Waals surface area contributed by atoms with E-state index in [9.17, 15) is 5.26 Å². The molecule has 1 saturated carbocycles. The molecule has 0 bridgehead atoms. The molecule has 2 aromatic carbocycles. The molecule has 0 radical (unpaired) electrons. The van der Waals surface area contributed by atoms with Crippen molar-refractivity contribution >= 4 is 0 Å². The summed E-state index contributed by atoms with van der Waals surface area (Å²) in [5, 5.41) is 18.4. The van der Waals surface area contributed by atoms with E-state index in [0.29, 0.717) is 11.6 Å². The lowest BCUT2D eigenvalue weighted by molar-refractivity contribution is 0.183. The van der Waals surface area contributed by atoms with Crippen LogP contribution < -0.4 is 0 Å². The van der Waals surface area contributed by atoms with Gasteiger partial charge in [0.05, 0.1) is 18.2 Å². The molecule has 3 nitrogen and oxygen atoms in total. The topological polar surface area (TPSA) is 47.3 Å². The Labute approximate surface area is 131 Å². The fourth-order valence-corrected chi connectivity index (χ4v) is 2.82. The van der Waals surface area contributed by atoms with Gasteiger partial charge in [0.25, 0.3) is 0 Å². The maximum Gasteiger partial charge on any atom is 0.0998 e. The zero-order chi connectivity index (χ0) is 15.4. The van der Waals surface area contributed by atoms with E-state index in [0.717, 1.165) is 24.2 Å². The highest BCUT2D eigenvalue weighted by Gasteiger charge is 2.28. The van der Waals surface area contributed by atoms with Crippen LogP contribution in [0, 0.1) is 11.3 Å². The standard InChI is InChI=1S/C19H20N2O/c20-13-17-3-1-2-4-19(17)16-7-5-15(6-8-16)14-21(11-12-22)18-9-10-18/h1-8,18,22H,9-12,14H2. The van der Waals surface area contributed by atoms with Crippen molar-refractivity contribution in [2.75, 3.05) is 13.2 Å². The van der Waals surface area contributed by atoms with Gasteiger partial charge in [0, 0.05) is 19.1 Å². The molecule has 112 valence electrons. The van der Waals surface area contributed by atoms with E-state index in [1.54, 1.807) is 0 Å². The molecule has 0 atom stereocenters. The first kappa shape index (κ1) is 14.8. The number of hydrogen-bond donors (Lipinski definition) is 1. The molecule has 3 rings (SSSR count). The fraction of sp³-hybridized carbons (Fsp3) is 0.316. The Morgan fingerprint density at radius 1 is 1.09 bits per heavy atom. The molecular formula is C19H20N2O. The zero-order valence-corrected chi connectivity index (χ0v) is 12.6. The van der Waals surface area contributed by atoms with Crippen molar-refractivity contribution in [2.24, 2.45) is 0 Å². The average Bonchev–Trinajstić information content (AvgIpc) is 3.40.